The van der Waals surface area contributed by atoms with Gasteiger partial charge in [0.25, 0.3) is 0 Å². The monoisotopic (exact) mass is 349 g/mol. The Morgan fingerprint density at radius 1 is 0.880 bits per heavy atom. The highest BCUT2D eigenvalue weighted by Gasteiger charge is 2.43. The van der Waals surface area contributed by atoms with Crippen LogP contribution in [0.4, 0.5) is 0 Å². The molecule has 3 unspecified atom stereocenters. The zero-order valence-electron chi connectivity index (χ0n) is 16.2. The Morgan fingerprint density at radius 3 is 2.20 bits per heavy atom. The largest absolute Gasteiger partial charge is 0.338 e. The molecule has 0 aromatic rings. The molecule has 0 radical (unpaired) electrons. The molecule has 142 valence electrons. The summed E-state index contributed by atoms with van der Waals surface area (Å²) in [5, 5.41) is 0. The van der Waals surface area contributed by atoms with Gasteiger partial charge in [0.2, 0.25) is 11.8 Å². The van der Waals surface area contributed by atoms with Gasteiger partial charge in [0, 0.05) is 25.2 Å². The van der Waals surface area contributed by atoms with Crippen LogP contribution in [0.3, 0.4) is 0 Å². The Bertz CT molecular complexity index is 493. The summed E-state index contributed by atoms with van der Waals surface area (Å²) in [7, 11) is 0. The lowest BCUT2D eigenvalue weighted by molar-refractivity contribution is -0.147. The van der Waals surface area contributed by atoms with Crippen molar-refractivity contribution in [1.82, 2.24) is 14.7 Å². The lowest BCUT2D eigenvalue weighted by Gasteiger charge is -2.35. The molecule has 0 aromatic heterocycles. The van der Waals surface area contributed by atoms with Gasteiger partial charge in [-0.25, -0.2) is 0 Å². The fourth-order valence-electron chi connectivity index (χ4n) is 5.10. The molecule has 3 fully saturated rings. The molecule has 0 saturated carbocycles. The number of hydrogen-bond acceptors (Lipinski definition) is 3. The third kappa shape index (κ3) is 3.71. The average molecular weight is 350 g/mol. The van der Waals surface area contributed by atoms with Gasteiger partial charge < -0.3 is 9.80 Å². The van der Waals surface area contributed by atoms with Crippen molar-refractivity contribution in [2.75, 3.05) is 19.6 Å². The van der Waals surface area contributed by atoms with Crippen molar-refractivity contribution in [2.24, 2.45) is 0 Å². The minimum Gasteiger partial charge on any atom is -0.338 e. The zero-order chi connectivity index (χ0) is 18.0. The van der Waals surface area contributed by atoms with E-state index in [1.807, 2.05) is 4.90 Å². The van der Waals surface area contributed by atoms with E-state index in [1.165, 1.54) is 0 Å². The zero-order valence-corrected chi connectivity index (χ0v) is 16.2. The van der Waals surface area contributed by atoms with E-state index in [0.29, 0.717) is 12.1 Å². The number of rotatable bonds is 5. The predicted octanol–water partition coefficient (Wildman–Crippen LogP) is 2.64. The van der Waals surface area contributed by atoms with Crippen LogP contribution in [0, 0.1) is 0 Å². The van der Waals surface area contributed by atoms with E-state index in [1.54, 1.807) is 0 Å². The van der Waals surface area contributed by atoms with Gasteiger partial charge >= 0.3 is 0 Å². The van der Waals surface area contributed by atoms with Crippen molar-refractivity contribution < 1.29 is 9.59 Å². The van der Waals surface area contributed by atoms with E-state index in [4.69, 9.17) is 0 Å². The van der Waals surface area contributed by atoms with Crippen LogP contribution in [-0.2, 0) is 9.59 Å². The fourth-order valence-corrected chi connectivity index (χ4v) is 5.10. The summed E-state index contributed by atoms with van der Waals surface area (Å²) in [5.41, 5.74) is 0. The summed E-state index contributed by atoms with van der Waals surface area (Å²) in [4.78, 5) is 32.7. The molecular weight excluding hydrogens is 314 g/mol. The third-order valence-electron chi connectivity index (χ3n) is 6.35. The van der Waals surface area contributed by atoms with Crippen LogP contribution in [0.25, 0.3) is 0 Å². The molecule has 3 aliphatic rings. The first-order chi connectivity index (χ1) is 12.0. The second kappa shape index (κ2) is 8.07. The lowest BCUT2D eigenvalue weighted by Crippen LogP contribution is -2.54. The van der Waals surface area contributed by atoms with Crippen molar-refractivity contribution in [1.29, 1.82) is 0 Å². The maximum atomic E-state index is 13.2. The van der Waals surface area contributed by atoms with E-state index in [9.17, 15) is 9.59 Å². The lowest BCUT2D eigenvalue weighted by atomic mass is 10.1. The molecular formula is C20H35N3O2. The van der Waals surface area contributed by atoms with Crippen LogP contribution in [-0.4, -0.2) is 70.3 Å². The standard InChI is InChI=1S/C20H35N3O2/c1-4-8-16-9-5-13-22(16)19(24)18-11-7-14-23(18)20(25)17-10-6-12-21(17)15(2)3/h15-18H,4-14H2,1-3H3. The molecule has 5 heteroatoms. The number of carbonyl (C=O) groups excluding carboxylic acids is 2. The van der Waals surface area contributed by atoms with E-state index in [-0.39, 0.29) is 23.9 Å². The third-order valence-corrected chi connectivity index (χ3v) is 6.35. The van der Waals surface area contributed by atoms with Crippen LogP contribution in [0.5, 0.6) is 0 Å². The quantitative estimate of drug-likeness (QED) is 0.766. The first-order valence-electron chi connectivity index (χ1n) is 10.4. The smallest absolute Gasteiger partial charge is 0.245 e. The molecule has 3 heterocycles. The summed E-state index contributed by atoms with van der Waals surface area (Å²) in [6.07, 6.45) is 8.29. The number of nitrogens with zero attached hydrogens (tertiary/aromatic N) is 3. The Morgan fingerprint density at radius 2 is 1.48 bits per heavy atom. The second-order valence-corrected chi connectivity index (χ2v) is 8.30. The summed E-state index contributed by atoms with van der Waals surface area (Å²) in [5.74, 6) is 0.421. The SMILES string of the molecule is CCCC1CCCN1C(=O)C1CCCN1C(=O)C1CCCN1C(C)C. The highest BCUT2D eigenvalue weighted by molar-refractivity contribution is 5.90. The van der Waals surface area contributed by atoms with Crippen LogP contribution >= 0.6 is 0 Å². The molecule has 0 spiro atoms. The number of amides is 2. The van der Waals surface area contributed by atoms with Gasteiger partial charge in [0.05, 0.1) is 6.04 Å². The highest BCUT2D eigenvalue weighted by Crippen LogP contribution is 2.29. The summed E-state index contributed by atoms with van der Waals surface area (Å²) in [6, 6.07) is 0.562. The Balaban J connectivity index is 1.69. The van der Waals surface area contributed by atoms with Gasteiger partial charge in [-0.15, -0.1) is 0 Å². The maximum Gasteiger partial charge on any atom is 0.245 e. The van der Waals surface area contributed by atoms with Crippen molar-refractivity contribution in [3.8, 4) is 0 Å². The van der Waals surface area contributed by atoms with Gasteiger partial charge in [-0.1, -0.05) is 13.3 Å². The molecule has 0 N–H and O–H groups in total. The summed E-state index contributed by atoms with van der Waals surface area (Å²) < 4.78 is 0. The van der Waals surface area contributed by atoms with Crippen molar-refractivity contribution in [3.63, 3.8) is 0 Å². The maximum absolute atomic E-state index is 13.2. The summed E-state index contributed by atoms with van der Waals surface area (Å²) >= 11 is 0. The van der Waals surface area contributed by atoms with Gasteiger partial charge in [-0.3, -0.25) is 14.5 Å². The molecule has 3 atom stereocenters. The first-order valence-corrected chi connectivity index (χ1v) is 10.4. The van der Waals surface area contributed by atoms with E-state index < -0.39 is 0 Å². The summed E-state index contributed by atoms with van der Waals surface area (Å²) in [6.45, 7) is 9.15. The molecule has 3 aliphatic heterocycles. The minimum absolute atomic E-state index is 0.0154. The number of hydrogen-bond donors (Lipinski definition) is 0. The molecule has 2 amide bonds. The molecule has 3 saturated heterocycles. The number of carbonyl (C=O) groups is 2. The van der Waals surface area contributed by atoms with Crippen LogP contribution in [0.1, 0.15) is 72.1 Å². The van der Waals surface area contributed by atoms with E-state index in [2.05, 4.69) is 30.6 Å². The van der Waals surface area contributed by atoms with E-state index in [0.717, 1.165) is 71.0 Å². The molecule has 0 aliphatic carbocycles. The topological polar surface area (TPSA) is 43.9 Å². The van der Waals surface area contributed by atoms with Crippen molar-refractivity contribution in [2.45, 2.75) is 96.3 Å². The van der Waals surface area contributed by atoms with Gasteiger partial charge in [0.15, 0.2) is 0 Å². The minimum atomic E-state index is -0.209. The molecule has 25 heavy (non-hydrogen) atoms. The molecule has 5 nitrogen and oxygen atoms in total. The van der Waals surface area contributed by atoms with Gasteiger partial charge in [0.1, 0.15) is 6.04 Å². The van der Waals surface area contributed by atoms with Crippen LogP contribution < -0.4 is 0 Å². The molecule has 0 aromatic carbocycles. The fraction of sp³-hybridized carbons (Fsp3) is 0.900. The Hall–Kier alpha value is -1.10. The highest BCUT2D eigenvalue weighted by atomic mass is 16.2. The van der Waals surface area contributed by atoms with Crippen molar-refractivity contribution in [3.05, 3.63) is 0 Å². The van der Waals surface area contributed by atoms with Crippen LogP contribution in [0.2, 0.25) is 0 Å². The predicted molar refractivity (Wildman–Crippen MR) is 99.2 cm³/mol. The Labute approximate surface area is 152 Å². The van der Waals surface area contributed by atoms with Gasteiger partial charge in [-0.05, 0) is 65.3 Å². The first kappa shape index (κ1) is 18.7. The number of likely N-dealkylation sites (tertiary alicyclic amines) is 3. The van der Waals surface area contributed by atoms with Crippen molar-refractivity contribution >= 4 is 11.8 Å². The Kier molecular flexibility index (Phi) is 6.03. The van der Waals surface area contributed by atoms with Crippen LogP contribution in [0.15, 0.2) is 0 Å². The average Bonchev–Trinajstić information content (AvgIpc) is 3.33. The molecule has 3 rings (SSSR count). The molecule has 0 bridgehead atoms. The van der Waals surface area contributed by atoms with E-state index >= 15 is 0 Å². The second-order valence-electron chi connectivity index (χ2n) is 8.30. The van der Waals surface area contributed by atoms with Gasteiger partial charge in [-0.2, -0.15) is 0 Å². The normalized spacial score (nSPS) is 30.6.